The number of nitrogens with one attached hydrogen (secondary N) is 1. The van der Waals surface area contributed by atoms with Crippen LogP contribution >= 0.6 is 0 Å². The lowest BCUT2D eigenvalue weighted by Crippen LogP contribution is -2.37. The van der Waals surface area contributed by atoms with Crippen molar-refractivity contribution in [3.63, 3.8) is 0 Å². The van der Waals surface area contributed by atoms with E-state index in [0.29, 0.717) is 6.54 Å². The zero-order chi connectivity index (χ0) is 25.2. The van der Waals surface area contributed by atoms with E-state index >= 15 is 0 Å². The molecule has 2 atom stereocenters. The van der Waals surface area contributed by atoms with Crippen molar-refractivity contribution in [2.45, 2.75) is 38.5 Å². The topological polar surface area (TPSA) is 65.5 Å². The molecule has 0 aliphatic carbocycles. The van der Waals surface area contributed by atoms with Gasteiger partial charge in [0.1, 0.15) is 0 Å². The third-order valence-corrected chi connectivity index (χ3v) is 6.28. The number of pyridine rings is 1. The monoisotopic (exact) mass is 479 g/mol. The fourth-order valence-electron chi connectivity index (χ4n) is 4.29. The Labute approximate surface area is 213 Å². The lowest BCUT2D eigenvalue weighted by Gasteiger charge is -2.31. The molecule has 0 fully saturated rings. The molecule has 0 radical (unpaired) electrons. The van der Waals surface area contributed by atoms with E-state index < -0.39 is 6.10 Å². The van der Waals surface area contributed by atoms with Crippen molar-refractivity contribution in [3.8, 4) is 0 Å². The molecule has 0 saturated carbocycles. The maximum atomic E-state index is 12.3. The van der Waals surface area contributed by atoms with E-state index in [1.807, 2.05) is 78.9 Å². The Morgan fingerprint density at radius 2 is 1.53 bits per heavy atom. The molecule has 0 aliphatic heterocycles. The first-order valence-electron chi connectivity index (χ1n) is 12.4. The molecular weight excluding hydrogens is 446 g/mol. The molecule has 4 rings (SSSR count). The lowest BCUT2D eigenvalue weighted by molar-refractivity contribution is -0.115. The van der Waals surface area contributed by atoms with Crippen molar-refractivity contribution in [1.29, 1.82) is 0 Å². The number of carbonyl (C=O) groups excluding carboxylic acids is 1. The molecule has 36 heavy (non-hydrogen) atoms. The maximum absolute atomic E-state index is 12.3. The number of aliphatic hydroxyl groups is 1. The number of carbonyl (C=O) groups is 1. The first-order valence-corrected chi connectivity index (χ1v) is 12.4. The van der Waals surface area contributed by atoms with Gasteiger partial charge in [-0.1, -0.05) is 78.9 Å². The third kappa shape index (κ3) is 7.60. The summed E-state index contributed by atoms with van der Waals surface area (Å²) in [5.41, 5.74) is 4.84. The van der Waals surface area contributed by atoms with Gasteiger partial charge in [-0.2, -0.15) is 0 Å². The molecule has 5 nitrogen and oxygen atoms in total. The molecule has 1 heterocycles. The number of aliphatic hydroxyl groups excluding tert-OH is 1. The fourth-order valence-corrected chi connectivity index (χ4v) is 4.29. The van der Waals surface area contributed by atoms with Crippen LogP contribution in [-0.2, 0) is 24.2 Å². The minimum absolute atomic E-state index is 0.0845. The standard InChI is InChI=1S/C31H33N3O2/c1-24(20-25-15-17-28(18-16-25)33-31(36)21-29-14-8-9-19-32-29)34(22-26-10-4-2-5-11-26)23-30(35)27-12-6-3-7-13-27/h2-19,24,30,35H,20-23H2,1H3,(H,33,36)/t24-,30+/m1/s1. The summed E-state index contributed by atoms with van der Waals surface area (Å²) < 4.78 is 0. The SMILES string of the molecule is C[C@H](Cc1ccc(NC(=O)Cc2ccccn2)cc1)N(Cc1ccccc1)C[C@H](O)c1ccccc1. The third-order valence-electron chi connectivity index (χ3n) is 6.28. The summed E-state index contributed by atoms with van der Waals surface area (Å²) >= 11 is 0. The number of anilines is 1. The largest absolute Gasteiger partial charge is 0.387 e. The van der Waals surface area contributed by atoms with E-state index in [4.69, 9.17) is 0 Å². The predicted molar refractivity (Wildman–Crippen MR) is 144 cm³/mol. The first-order chi connectivity index (χ1) is 17.6. The lowest BCUT2D eigenvalue weighted by atomic mass is 10.0. The highest BCUT2D eigenvalue weighted by Crippen LogP contribution is 2.20. The van der Waals surface area contributed by atoms with Crippen molar-refractivity contribution in [2.24, 2.45) is 0 Å². The molecule has 2 N–H and O–H groups in total. The Morgan fingerprint density at radius 1 is 0.861 bits per heavy atom. The summed E-state index contributed by atoms with van der Waals surface area (Å²) in [7, 11) is 0. The van der Waals surface area contributed by atoms with E-state index in [2.05, 4.69) is 46.4 Å². The highest BCUT2D eigenvalue weighted by molar-refractivity contribution is 5.92. The zero-order valence-corrected chi connectivity index (χ0v) is 20.6. The number of hydrogen-bond donors (Lipinski definition) is 2. The number of rotatable bonds is 11. The average Bonchev–Trinajstić information content (AvgIpc) is 2.91. The van der Waals surface area contributed by atoms with Crippen molar-refractivity contribution < 1.29 is 9.90 Å². The minimum atomic E-state index is -0.561. The Morgan fingerprint density at radius 3 is 2.19 bits per heavy atom. The molecule has 0 unspecified atom stereocenters. The Hall–Kier alpha value is -3.80. The Bertz CT molecular complexity index is 1200. The van der Waals surface area contributed by atoms with Crippen LogP contribution in [0, 0.1) is 0 Å². The number of benzene rings is 3. The second-order valence-corrected chi connectivity index (χ2v) is 9.14. The van der Waals surface area contributed by atoms with Gasteiger partial charge in [0.2, 0.25) is 5.91 Å². The zero-order valence-electron chi connectivity index (χ0n) is 20.6. The van der Waals surface area contributed by atoms with Crippen molar-refractivity contribution in [3.05, 3.63) is 132 Å². The molecule has 1 amide bonds. The summed E-state index contributed by atoms with van der Waals surface area (Å²) in [6.07, 6.45) is 2.21. The smallest absolute Gasteiger partial charge is 0.230 e. The van der Waals surface area contributed by atoms with Gasteiger partial charge in [-0.3, -0.25) is 14.7 Å². The van der Waals surface area contributed by atoms with Gasteiger partial charge in [-0.15, -0.1) is 0 Å². The van der Waals surface area contributed by atoms with E-state index in [1.54, 1.807) is 6.20 Å². The highest BCUT2D eigenvalue weighted by Gasteiger charge is 2.20. The molecule has 1 aromatic heterocycles. The highest BCUT2D eigenvalue weighted by atomic mass is 16.3. The molecule has 5 heteroatoms. The quantitative estimate of drug-likeness (QED) is 0.301. The molecule has 0 spiro atoms. The number of hydrogen-bond acceptors (Lipinski definition) is 4. The van der Waals surface area contributed by atoms with Crippen LogP contribution in [0.25, 0.3) is 0 Å². The van der Waals surface area contributed by atoms with Crippen molar-refractivity contribution in [2.75, 3.05) is 11.9 Å². The van der Waals surface area contributed by atoms with Gasteiger partial charge in [0, 0.05) is 36.7 Å². The summed E-state index contributed by atoms with van der Waals surface area (Å²) in [6.45, 7) is 3.50. The summed E-state index contributed by atoms with van der Waals surface area (Å²) in [6, 6.07) is 33.9. The van der Waals surface area contributed by atoms with E-state index in [-0.39, 0.29) is 18.4 Å². The number of amides is 1. The summed E-state index contributed by atoms with van der Waals surface area (Å²) in [5.74, 6) is -0.0845. The van der Waals surface area contributed by atoms with Gasteiger partial charge in [-0.25, -0.2) is 0 Å². The molecule has 3 aromatic carbocycles. The molecule has 0 bridgehead atoms. The fraction of sp³-hybridized carbons (Fsp3) is 0.226. The van der Waals surface area contributed by atoms with Crippen LogP contribution in [-0.4, -0.2) is 33.5 Å². The maximum Gasteiger partial charge on any atom is 0.230 e. The van der Waals surface area contributed by atoms with Gasteiger partial charge in [-0.05, 0) is 54.3 Å². The Balaban J connectivity index is 1.39. The minimum Gasteiger partial charge on any atom is -0.387 e. The van der Waals surface area contributed by atoms with E-state index in [9.17, 15) is 9.90 Å². The normalized spacial score (nSPS) is 12.8. The molecule has 0 saturated heterocycles. The van der Waals surface area contributed by atoms with Gasteiger partial charge in [0.05, 0.1) is 12.5 Å². The first kappa shape index (κ1) is 25.3. The predicted octanol–water partition coefficient (Wildman–Crippen LogP) is 5.43. The van der Waals surface area contributed by atoms with Crippen LogP contribution in [0.15, 0.2) is 109 Å². The van der Waals surface area contributed by atoms with Crippen LogP contribution in [0.5, 0.6) is 0 Å². The summed E-state index contributed by atoms with van der Waals surface area (Å²) in [4.78, 5) is 18.9. The van der Waals surface area contributed by atoms with Gasteiger partial charge >= 0.3 is 0 Å². The van der Waals surface area contributed by atoms with Crippen LogP contribution in [0.1, 0.15) is 35.4 Å². The number of nitrogens with zero attached hydrogens (tertiary/aromatic N) is 2. The van der Waals surface area contributed by atoms with Gasteiger partial charge in [0.15, 0.2) is 0 Å². The molecule has 184 valence electrons. The Kier molecular flexibility index (Phi) is 8.98. The summed E-state index contributed by atoms with van der Waals surface area (Å²) in [5, 5.41) is 13.9. The van der Waals surface area contributed by atoms with Crippen molar-refractivity contribution >= 4 is 11.6 Å². The second kappa shape index (κ2) is 12.8. The average molecular weight is 480 g/mol. The molecule has 0 aliphatic rings. The molecular formula is C31H33N3O2. The van der Waals surface area contributed by atoms with E-state index in [1.165, 1.54) is 11.1 Å². The second-order valence-electron chi connectivity index (χ2n) is 9.14. The van der Waals surface area contributed by atoms with Crippen LogP contribution in [0.4, 0.5) is 5.69 Å². The molecule has 4 aromatic rings. The number of aromatic nitrogens is 1. The van der Waals surface area contributed by atoms with Gasteiger partial charge < -0.3 is 10.4 Å². The van der Waals surface area contributed by atoms with Crippen LogP contribution in [0.2, 0.25) is 0 Å². The van der Waals surface area contributed by atoms with Crippen LogP contribution < -0.4 is 5.32 Å². The van der Waals surface area contributed by atoms with Gasteiger partial charge in [0.25, 0.3) is 0 Å². The van der Waals surface area contributed by atoms with Crippen molar-refractivity contribution in [1.82, 2.24) is 9.88 Å². The van der Waals surface area contributed by atoms with E-state index in [0.717, 1.165) is 29.9 Å². The van der Waals surface area contributed by atoms with Crippen LogP contribution in [0.3, 0.4) is 0 Å².